The monoisotopic (exact) mass is 650 g/mol. The number of fused-ring (bicyclic) bond motifs is 19. The molecule has 14 nitrogen and oxygen atoms in total. The lowest BCUT2D eigenvalue weighted by molar-refractivity contribution is -0.140. The third kappa shape index (κ3) is 7.66. The van der Waals surface area contributed by atoms with E-state index in [9.17, 15) is 14.4 Å². The Balaban J connectivity index is 1.22. The van der Waals surface area contributed by atoms with Crippen LogP contribution in [0.15, 0.2) is 30.6 Å². The van der Waals surface area contributed by atoms with Crippen molar-refractivity contribution in [3.05, 3.63) is 52.8 Å². The van der Waals surface area contributed by atoms with Gasteiger partial charge in [0, 0.05) is 69.7 Å². The van der Waals surface area contributed by atoms with Crippen LogP contribution in [0.2, 0.25) is 0 Å². The third-order valence-corrected chi connectivity index (χ3v) is 8.96. The zero-order valence-electron chi connectivity index (χ0n) is 26.9. The molecule has 1 fully saturated rings. The van der Waals surface area contributed by atoms with Gasteiger partial charge in [-0.2, -0.15) is 5.10 Å². The van der Waals surface area contributed by atoms with Crippen molar-refractivity contribution in [2.24, 2.45) is 0 Å². The first-order chi connectivity index (χ1) is 22.8. The molecular weight excluding hydrogens is 608 g/mol. The Morgan fingerprint density at radius 1 is 0.936 bits per heavy atom. The van der Waals surface area contributed by atoms with E-state index < -0.39 is 23.9 Å². The Hall–Kier alpha value is -4.27. The van der Waals surface area contributed by atoms with Crippen LogP contribution in [0.3, 0.4) is 0 Å². The van der Waals surface area contributed by atoms with Crippen molar-refractivity contribution in [1.82, 2.24) is 25.0 Å². The molecule has 1 saturated heterocycles. The number of amides is 3. The number of hydrogen-bond acceptors (Lipinski definition) is 10. The molecule has 0 aliphatic carbocycles. The van der Waals surface area contributed by atoms with Gasteiger partial charge in [-0.25, -0.2) is 14.6 Å². The summed E-state index contributed by atoms with van der Waals surface area (Å²) in [6.07, 6.45) is 3.73. The minimum absolute atomic E-state index is 0.191. The van der Waals surface area contributed by atoms with E-state index in [4.69, 9.17) is 23.7 Å². The van der Waals surface area contributed by atoms with Crippen molar-refractivity contribution in [2.45, 2.75) is 50.7 Å². The first-order valence-corrected chi connectivity index (χ1v) is 16.2. The minimum Gasteiger partial charge on any atom is -0.437 e. The van der Waals surface area contributed by atoms with Gasteiger partial charge < -0.3 is 33.5 Å². The van der Waals surface area contributed by atoms with Crippen molar-refractivity contribution in [2.75, 3.05) is 71.6 Å². The van der Waals surface area contributed by atoms with Crippen LogP contribution in [-0.2, 0) is 46.9 Å². The molecule has 1 atom stereocenters. The lowest BCUT2D eigenvalue weighted by Gasteiger charge is -2.43. The van der Waals surface area contributed by atoms with Crippen LogP contribution in [-0.4, -0.2) is 116 Å². The second kappa shape index (κ2) is 14.7. The summed E-state index contributed by atoms with van der Waals surface area (Å²) >= 11 is 0. The molecule has 252 valence electrons. The highest BCUT2D eigenvalue weighted by Gasteiger charge is 2.46. The van der Waals surface area contributed by atoms with Gasteiger partial charge in [0.2, 0.25) is 0 Å². The Morgan fingerprint density at radius 2 is 1.68 bits per heavy atom. The summed E-state index contributed by atoms with van der Waals surface area (Å²) in [5.41, 5.74) is 3.62. The lowest BCUT2D eigenvalue weighted by Crippen LogP contribution is -2.51. The highest BCUT2D eigenvalue weighted by Crippen LogP contribution is 2.43. The topological polar surface area (TPSA) is 157 Å². The second-order valence-electron chi connectivity index (χ2n) is 12.3. The molecular formula is C33H42N6O8. The van der Waals surface area contributed by atoms with Crippen molar-refractivity contribution in [3.8, 4) is 0 Å². The number of likely N-dealkylation sites (N-methyl/N-ethyl adjacent to an activating group) is 1. The third-order valence-electron chi connectivity index (χ3n) is 8.96. The fourth-order valence-electron chi connectivity index (χ4n) is 6.37. The molecule has 14 heteroatoms. The molecule has 4 aliphatic heterocycles. The van der Waals surface area contributed by atoms with Crippen molar-refractivity contribution in [3.63, 3.8) is 0 Å². The summed E-state index contributed by atoms with van der Waals surface area (Å²) in [4.78, 5) is 47.5. The molecule has 1 spiro atoms. The Morgan fingerprint density at radius 3 is 2.47 bits per heavy atom. The molecule has 3 aromatic rings. The van der Waals surface area contributed by atoms with Crippen LogP contribution in [0.4, 0.5) is 15.4 Å². The second-order valence-corrected chi connectivity index (χ2v) is 12.3. The molecule has 7 rings (SSSR count). The number of aromatic amines is 1. The number of hydrogen-bond donors (Lipinski definition) is 2. The molecule has 4 aliphatic rings. The van der Waals surface area contributed by atoms with Crippen LogP contribution in [0.25, 0.3) is 10.9 Å². The van der Waals surface area contributed by atoms with Crippen molar-refractivity contribution < 1.29 is 38.1 Å². The van der Waals surface area contributed by atoms with E-state index in [2.05, 4.69) is 20.5 Å². The first-order valence-electron chi connectivity index (χ1n) is 16.2. The quantitative estimate of drug-likeness (QED) is 0.395. The SMILES string of the molecule is Cc1cc(C[C@H]2OC(=O)N3CCC4(CC3)OC(=O)Nc3ncc(cc34)CCCOCCOCCOCCN(C)C2=O)cc2cn[nH]c12. The van der Waals surface area contributed by atoms with Gasteiger partial charge in [-0.1, -0.05) is 6.07 Å². The van der Waals surface area contributed by atoms with E-state index in [1.165, 1.54) is 4.90 Å². The Bertz CT molecular complexity index is 1590. The number of anilines is 1. The number of aryl methyl sites for hydroxylation is 2. The van der Waals surface area contributed by atoms with Gasteiger partial charge in [-0.15, -0.1) is 0 Å². The molecule has 1 aromatic carbocycles. The van der Waals surface area contributed by atoms with E-state index in [0.29, 0.717) is 64.8 Å². The number of ether oxygens (including phenoxy) is 5. The van der Waals surface area contributed by atoms with Crippen LogP contribution in [0.1, 0.15) is 41.5 Å². The zero-order chi connectivity index (χ0) is 32.8. The summed E-state index contributed by atoms with van der Waals surface area (Å²) in [5, 5.41) is 10.7. The molecule has 6 heterocycles. The molecule has 47 heavy (non-hydrogen) atoms. The van der Waals surface area contributed by atoms with Gasteiger partial charge in [0.15, 0.2) is 6.10 Å². The predicted molar refractivity (Wildman–Crippen MR) is 170 cm³/mol. The van der Waals surface area contributed by atoms with Crippen LogP contribution >= 0.6 is 0 Å². The molecule has 0 unspecified atom stereocenters. The van der Waals surface area contributed by atoms with Gasteiger partial charge >= 0.3 is 12.2 Å². The molecule has 0 saturated carbocycles. The molecule has 0 radical (unpaired) electrons. The van der Waals surface area contributed by atoms with Crippen LogP contribution in [0, 0.1) is 6.92 Å². The fraction of sp³-hybridized carbons (Fsp3) is 0.545. The highest BCUT2D eigenvalue weighted by atomic mass is 16.6. The van der Waals surface area contributed by atoms with Crippen molar-refractivity contribution in [1.29, 1.82) is 0 Å². The number of H-pyrrole nitrogens is 1. The summed E-state index contributed by atoms with van der Waals surface area (Å²) in [6.45, 7) is 5.44. The van der Waals surface area contributed by atoms with E-state index in [-0.39, 0.29) is 25.4 Å². The maximum atomic E-state index is 13.7. The number of rotatable bonds is 2. The molecule has 4 bridgehead atoms. The molecule has 2 N–H and O–H groups in total. The maximum Gasteiger partial charge on any atom is 0.413 e. The zero-order valence-corrected chi connectivity index (χ0v) is 26.9. The molecule has 3 amide bonds. The fourth-order valence-corrected chi connectivity index (χ4v) is 6.37. The minimum atomic E-state index is -1.06. The number of nitrogens with zero attached hydrogens (tertiary/aromatic N) is 4. The van der Waals surface area contributed by atoms with Gasteiger partial charge in [-0.3, -0.25) is 15.2 Å². The van der Waals surface area contributed by atoms with E-state index >= 15 is 0 Å². The summed E-state index contributed by atoms with van der Waals surface area (Å²) in [7, 11) is 1.67. The van der Waals surface area contributed by atoms with E-state index in [1.54, 1.807) is 24.3 Å². The first kappa shape index (κ1) is 32.7. The van der Waals surface area contributed by atoms with E-state index in [1.807, 2.05) is 25.1 Å². The van der Waals surface area contributed by atoms with Gasteiger partial charge in [0.05, 0.1) is 44.7 Å². The Labute approximate surface area is 273 Å². The number of carbonyl (C=O) groups is 3. The number of nitrogens with one attached hydrogen (secondary N) is 2. The highest BCUT2D eigenvalue weighted by molar-refractivity contribution is 5.88. The predicted octanol–water partition coefficient (Wildman–Crippen LogP) is 3.32. The summed E-state index contributed by atoms with van der Waals surface area (Å²) < 4.78 is 28.9. The Kier molecular flexibility index (Phi) is 10.2. The van der Waals surface area contributed by atoms with Gasteiger partial charge in [0.1, 0.15) is 11.4 Å². The molecule has 2 aromatic heterocycles. The summed E-state index contributed by atoms with van der Waals surface area (Å²) in [5.74, 6) is 0.140. The standard InChI is InChI=1S/C33H42N6O8/c1-22-16-24(17-25-21-35-37-28(22)25)19-27-30(40)38(2)9-11-44-13-15-45-14-12-43-10-3-4-23-18-26-29(34-20-23)36-31(41)47-33(26)5-7-39(8-6-33)32(42)46-27/h16-18,20-21,27H,3-15,19H2,1-2H3,(H,35,37)(H,34,36,41)/t27-/m1/s1. The smallest absolute Gasteiger partial charge is 0.413 e. The lowest BCUT2D eigenvalue weighted by atomic mass is 9.83. The number of carbonyl (C=O) groups excluding carboxylic acids is 3. The largest absolute Gasteiger partial charge is 0.437 e. The average molecular weight is 651 g/mol. The van der Waals surface area contributed by atoms with Crippen LogP contribution in [0.5, 0.6) is 0 Å². The number of aromatic nitrogens is 3. The number of piperidine rings is 1. The maximum absolute atomic E-state index is 13.7. The van der Waals surface area contributed by atoms with Crippen LogP contribution < -0.4 is 5.32 Å². The normalized spacial score (nSPS) is 24.0. The van der Waals surface area contributed by atoms with E-state index in [0.717, 1.165) is 46.0 Å². The number of benzene rings is 1. The van der Waals surface area contributed by atoms with Gasteiger partial charge in [-0.05, 0) is 48.6 Å². The number of pyridine rings is 1. The van der Waals surface area contributed by atoms with Crippen molar-refractivity contribution >= 4 is 34.8 Å². The summed E-state index contributed by atoms with van der Waals surface area (Å²) in [6, 6.07) is 5.95. The van der Waals surface area contributed by atoms with Gasteiger partial charge in [0.25, 0.3) is 5.91 Å². The average Bonchev–Trinajstić information content (AvgIpc) is 3.54.